The average molecular weight is 288 g/mol. The number of nitrogens with two attached hydrogens (primary N) is 2. The van der Waals surface area contributed by atoms with E-state index >= 15 is 0 Å². The van der Waals surface area contributed by atoms with Gasteiger partial charge in [0, 0.05) is 12.1 Å². The monoisotopic (exact) mass is 288 g/mol. The molecule has 0 heterocycles. The highest BCUT2D eigenvalue weighted by molar-refractivity contribution is 8.00. The van der Waals surface area contributed by atoms with E-state index in [-0.39, 0.29) is 5.25 Å². The van der Waals surface area contributed by atoms with E-state index in [4.69, 9.17) is 11.5 Å². The maximum Gasteiger partial charge on any atom is 0.366 e. The molecule has 0 saturated heterocycles. The van der Waals surface area contributed by atoms with Gasteiger partial charge in [-0.3, -0.25) is 0 Å². The Hall–Kier alpha value is -1.53. The number of rotatable bonds is 5. The second-order valence-electron chi connectivity index (χ2n) is 4.04. The van der Waals surface area contributed by atoms with Crippen molar-refractivity contribution in [3.05, 3.63) is 59.3 Å². The molecule has 19 heavy (non-hydrogen) atoms. The van der Waals surface area contributed by atoms with Crippen LogP contribution in [-0.4, -0.2) is 21.6 Å². The van der Waals surface area contributed by atoms with Gasteiger partial charge in [0.1, 0.15) is 0 Å². The number of allylic oxidation sites excluding steroid dienone is 3. The van der Waals surface area contributed by atoms with Crippen molar-refractivity contribution in [1.29, 1.82) is 0 Å². The Morgan fingerprint density at radius 2 is 2.32 bits per heavy atom. The summed E-state index contributed by atoms with van der Waals surface area (Å²) in [5.74, 6) is 2.11. The normalized spacial score (nSPS) is 22.3. The van der Waals surface area contributed by atoms with Crippen LogP contribution in [0.4, 0.5) is 0 Å². The van der Waals surface area contributed by atoms with Crippen molar-refractivity contribution in [3.63, 3.8) is 0 Å². The van der Waals surface area contributed by atoms with Crippen molar-refractivity contribution in [3.8, 4) is 0 Å². The van der Waals surface area contributed by atoms with E-state index in [0.29, 0.717) is 5.70 Å². The third-order valence-electron chi connectivity index (χ3n) is 2.58. The Bertz CT molecular complexity index is 555. The fourth-order valence-electron chi connectivity index (χ4n) is 1.58. The average Bonchev–Trinajstić information content (AvgIpc) is 2.42. The Labute approximate surface area is 122 Å². The minimum absolute atomic E-state index is 0.276. The van der Waals surface area contributed by atoms with Gasteiger partial charge in [-0.05, 0) is 24.0 Å². The van der Waals surface area contributed by atoms with E-state index in [1.165, 1.54) is 0 Å². The first-order chi connectivity index (χ1) is 9.27. The lowest BCUT2D eigenvalue weighted by Crippen LogP contribution is -2.14. The van der Waals surface area contributed by atoms with Crippen molar-refractivity contribution >= 4 is 28.0 Å². The van der Waals surface area contributed by atoms with Crippen LogP contribution in [0.1, 0.15) is 6.42 Å². The lowest BCUT2D eigenvalue weighted by Gasteiger charge is -2.12. The highest BCUT2D eigenvalue weighted by Crippen LogP contribution is 2.20. The van der Waals surface area contributed by atoms with Gasteiger partial charge in [-0.15, -0.1) is 17.5 Å². The first-order valence-electron chi connectivity index (χ1n) is 6.07. The summed E-state index contributed by atoms with van der Waals surface area (Å²) in [5, 5.41) is 0.276. The zero-order valence-electron chi connectivity index (χ0n) is 10.6. The minimum Gasteiger partial charge on any atom is -0.401 e. The lowest BCUT2D eigenvalue weighted by molar-refractivity contribution is 1.11. The number of thioether (sulfide) groups is 1. The Balaban J connectivity index is 1.72. The topological polar surface area (TPSA) is 52.0 Å². The van der Waals surface area contributed by atoms with Gasteiger partial charge in [-0.25, -0.2) is 0 Å². The molecule has 1 unspecified atom stereocenters. The second-order valence-corrected chi connectivity index (χ2v) is 6.42. The molecule has 4 heteroatoms. The molecule has 2 nitrogen and oxygen atoms in total. The summed E-state index contributed by atoms with van der Waals surface area (Å²) in [7, 11) is 0. The van der Waals surface area contributed by atoms with Gasteiger partial charge in [0.05, 0.1) is 17.1 Å². The quantitative estimate of drug-likeness (QED) is 0.266. The molecule has 2 rings (SSSR count). The standard InChI is InChI=1S/C15H16N2S2/c16-12-6-1-3-8-14(12)18-10-5-11-19-15-9-4-2-7-13(15)17/h1-2,6,8-9,14H,5,10-11,16-17H2/q+2. The van der Waals surface area contributed by atoms with E-state index in [9.17, 15) is 0 Å². The van der Waals surface area contributed by atoms with Gasteiger partial charge in [0.25, 0.3) is 17.0 Å². The van der Waals surface area contributed by atoms with Gasteiger partial charge in [-0.1, -0.05) is 0 Å². The summed E-state index contributed by atoms with van der Waals surface area (Å²) >= 11 is 3.61. The third-order valence-corrected chi connectivity index (χ3v) is 5.02. The first-order valence-corrected chi connectivity index (χ1v) is 8.10. The van der Waals surface area contributed by atoms with Crippen molar-refractivity contribution in [1.82, 2.24) is 0 Å². The summed E-state index contributed by atoms with van der Waals surface area (Å²) in [4.78, 5) is 1.06. The molecule has 0 radical (unpaired) electrons. The highest BCUT2D eigenvalue weighted by atomic mass is 32.2. The molecule has 0 bridgehead atoms. The predicted octanol–water partition coefficient (Wildman–Crippen LogP) is 1.67. The van der Waals surface area contributed by atoms with Gasteiger partial charge in [0.15, 0.2) is 17.9 Å². The molecule has 0 aromatic carbocycles. The van der Waals surface area contributed by atoms with Crippen LogP contribution in [0.15, 0.2) is 53.2 Å². The lowest BCUT2D eigenvalue weighted by atomic mass is 10.2. The van der Waals surface area contributed by atoms with E-state index in [0.717, 1.165) is 28.5 Å². The summed E-state index contributed by atoms with van der Waals surface area (Å²) in [6, 6.07) is 0. The van der Waals surface area contributed by atoms with Crippen LogP contribution in [0, 0.1) is 6.08 Å². The summed E-state index contributed by atoms with van der Waals surface area (Å²) in [5.41, 5.74) is 19.4. The largest absolute Gasteiger partial charge is 0.401 e. The van der Waals surface area contributed by atoms with Crippen LogP contribution < -0.4 is 11.5 Å². The minimum atomic E-state index is 0.276. The fraction of sp³-hybridized carbons (Fsp3) is 0.267. The van der Waals surface area contributed by atoms with E-state index in [1.54, 1.807) is 17.4 Å². The van der Waals surface area contributed by atoms with Crippen LogP contribution >= 0.6 is 11.8 Å². The Kier molecular flexibility index (Phi) is 5.23. The van der Waals surface area contributed by atoms with Gasteiger partial charge < -0.3 is 11.5 Å². The maximum absolute atomic E-state index is 5.91. The molecule has 0 aromatic heterocycles. The maximum atomic E-state index is 5.91. The van der Waals surface area contributed by atoms with E-state index in [1.807, 2.05) is 36.1 Å². The third kappa shape index (κ3) is 4.25. The smallest absolute Gasteiger partial charge is 0.366 e. The van der Waals surface area contributed by atoms with Crippen molar-refractivity contribution in [2.75, 3.05) is 11.5 Å². The predicted molar refractivity (Wildman–Crippen MR) is 86.6 cm³/mol. The van der Waals surface area contributed by atoms with Crippen molar-refractivity contribution < 1.29 is 0 Å². The van der Waals surface area contributed by atoms with E-state index < -0.39 is 0 Å². The molecule has 0 aliphatic heterocycles. The summed E-state index contributed by atoms with van der Waals surface area (Å²) in [6.45, 7) is 0. The second kappa shape index (κ2) is 7.16. The Morgan fingerprint density at radius 1 is 1.42 bits per heavy atom. The summed E-state index contributed by atoms with van der Waals surface area (Å²) < 4.78 is 0. The molecule has 96 valence electrons. The van der Waals surface area contributed by atoms with E-state index in [2.05, 4.69) is 17.5 Å². The molecule has 0 saturated carbocycles. The fourth-order valence-corrected chi connectivity index (χ4v) is 3.65. The molecule has 2 aliphatic rings. The SMILES string of the molecule is NC1=C=C[C+]=CC1=[S+]CCCSC1C=C=CC=C1N. The van der Waals surface area contributed by atoms with Crippen LogP contribution in [-0.2, 0) is 11.4 Å². The van der Waals surface area contributed by atoms with Crippen LogP contribution in [0.25, 0.3) is 0 Å². The first kappa shape index (κ1) is 13.9. The molecule has 0 aromatic rings. The number of hydrogen-bond acceptors (Lipinski definition) is 3. The van der Waals surface area contributed by atoms with Crippen LogP contribution in [0.3, 0.4) is 0 Å². The number of hydrogen-bond donors (Lipinski definition) is 2. The molecule has 2 aliphatic carbocycles. The summed E-state index contributed by atoms with van der Waals surface area (Å²) in [6.07, 6.45) is 13.5. The molecular weight excluding hydrogens is 272 g/mol. The zero-order valence-corrected chi connectivity index (χ0v) is 12.2. The van der Waals surface area contributed by atoms with Crippen molar-refractivity contribution in [2.45, 2.75) is 11.7 Å². The van der Waals surface area contributed by atoms with Gasteiger partial charge in [-0.2, -0.15) is 0 Å². The van der Waals surface area contributed by atoms with Crippen molar-refractivity contribution in [2.24, 2.45) is 11.5 Å². The molecule has 4 N–H and O–H groups in total. The molecule has 0 amide bonds. The Morgan fingerprint density at radius 3 is 3.11 bits per heavy atom. The van der Waals surface area contributed by atoms with Gasteiger partial charge in [0.2, 0.25) is 0 Å². The molecule has 0 fully saturated rings. The van der Waals surface area contributed by atoms with Crippen LogP contribution in [0.5, 0.6) is 0 Å². The molecule has 1 atom stereocenters. The molecule has 0 spiro atoms. The zero-order chi connectivity index (χ0) is 13.5. The molecular formula is C15H16N2S2+2. The highest BCUT2D eigenvalue weighted by Gasteiger charge is 2.21. The van der Waals surface area contributed by atoms with Gasteiger partial charge >= 0.3 is 4.86 Å². The van der Waals surface area contributed by atoms with Crippen LogP contribution in [0.2, 0.25) is 0 Å².